The van der Waals surface area contributed by atoms with Gasteiger partial charge in [0.05, 0.1) is 0 Å². The summed E-state index contributed by atoms with van der Waals surface area (Å²) in [6, 6.07) is 61.5. The number of nitrogens with zero attached hydrogens (tertiary/aromatic N) is 2. The zero-order chi connectivity index (χ0) is 33.4. The first kappa shape index (κ1) is 31.9. The Hall–Kier alpha value is -5.64. The van der Waals surface area contributed by atoms with Gasteiger partial charge in [0.1, 0.15) is 5.71 Å². The van der Waals surface area contributed by atoms with Gasteiger partial charge in [-0.1, -0.05) is 187 Å². The molecule has 0 radical (unpaired) electrons. The monoisotopic (exact) mass is 672 g/mol. The third-order valence-corrected chi connectivity index (χ3v) is 16.6. The van der Waals surface area contributed by atoms with E-state index in [1.807, 2.05) is 109 Å². The van der Waals surface area contributed by atoms with Crippen molar-refractivity contribution in [3.05, 3.63) is 182 Å². The third-order valence-electron chi connectivity index (χ3n) is 9.00. The van der Waals surface area contributed by atoms with Crippen LogP contribution in [0.5, 0.6) is 0 Å². The number of oxime groups is 2. The maximum absolute atomic E-state index is 13.7. The van der Waals surface area contributed by atoms with Crippen molar-refractivity contribution in [3.8, 4) is 0 Å². The summed E-state index contributed by atoms with van der Waals surface area (Å²) in [4.78, 5) is 13.7. The maximum Gasteiger partial charge on any atom is 0.380 e. The van der Waals surface area contributed by atoms with Crippen molar-refractivity contribution in [2.24, 2.45) is 10.3 Å². The predicted molar refractivity (Wildman–Crippen MR) is 204 cm³/mol. The van der Waals surface area contributed by atoms with Gasteiger partial charge in [-0.15, -0.1) is 5.16 Å². The Labute approximate surface area is 289 Å². The highest BCUT2D eigenvalue weighted by Crippen LogP contribution is 2.17. The largest absolute Gasteiger partial charge is 0.438 e. The van der Waals surface area contributed by atoms with Crippen LogP contribution in [0.1, 0.15) is 19.3 Å². The fraction of sp³-hybridized carbons (Fsp3) is 0.0714. The van der Waals surface area contributed by atoms with E-state index in [9.17, 15) is 4.79 Å². The molecule has 0 amide bonds. The molecule has 5 nitrogen and oxygen atoms in total. The lowest BCUT2D eigenvalue weighted by molar-refractivity contribution is -0.113. The number of rotatable bonds is 10. The predicted octanol–water partition coefficient (Wildman–Crippen LogP) is 4.82. The van der Waals surface area contributed by atoms with E-state index >= 15 is 0 Å². The lowest BCUT2D eigenvalue weighted by atomic mass is 9.95. The summed E-state index contributed by atoms with van der Waals surface area (Å²) in [6.07, 6.45) is 1.58. The minimum Gasteiger partial charge on any atom is -0.438 e. The Morgan fingerprint density at radius 2 is 0.673 bits per heavy atom. The van der Waals surface area contributed by atoms with E-state index in [1.54, 1.807) is 0 Å². The first-order chi connectivity index (χ1) is 24.2. The van der Waals surface area contributed by atoms with Crippen LogP contribution in [0.3, 0.4) is 0 Å². The van der Waals surface area contributed by atoms with E-state index in [0.29, 0.717) is 25.0 Å². The molecule has 240 valence electrons. The second kappa shape index (κ2) is 14.6. The van der Waals surface area contributed by atoms with E-state index in [4.69, 9.17) is 19.4 Å². The zero-order valence-electron chi connectivity index (χ0n) is 27.1. The molecule has 0 aliphatic heterocycles. The standard InChI is InChI=1S/C42H36N2O3Si2/c45-41-33-19-32-40(43-46-48(34-20-7-1-8-21-34,35-22-9-2-10-23-35)36-24-11-3-12-25-36)42(41)44-47-49(37-26-13-4-14-27-37,38-28-15-5-16-29-38)39-30-17-6-18-31-39/h1-18,20-31H,19,32-33H2. The van der Waals surface area contributed by atoms with Crippen LogP contribution in [0.2, 0.25) is 0 Å². The lowest BCUT2D eigenvalue weighted by Crippen LogP contribution is -2.69. The van der Waals surface area contributed by atoms with E-state index in [0.717, 1.165) is 31.1 Å². The van der Waals surface area contributed by atoms with E-state index in [-0.39, 0.29) is 11.5 Å². The molecule has 49 heavy (non-hydrogen) atoms. The summed E-state index contributed by atoms with van der Waals surface area (Å²) in [5.41, 5.74) is 0.732. The lowest BCUT2D eigenvalue weighted by Gasteiger charge is -2.31. The quantitative estimate of drug-likeness (QED) is 0.119. The van der Waals surface area contributed by atoms with Crippen molar-refractivity contribution in [1.29, 1.82) is 0 Å². The molecule has 7 rings (SSSR count). The topological polar surface area (TPSA) is 60.2 Å². The fourth-order valence-corrected chi connectivity index (χ4v) is 13.7. The van der Waals surface area contributed by atoms with Crippen molar-refractivity contribution >= 4 is 65.0 Å². The fourth-order valence-electron chi connectivity index (χ4n) is 6.60. The summed E-state index contributed by atoms with van der Waals surface area (Å²) in [7, 11) is -6.37. The number of carbonyl (C=O) groups excluding carboxylic acids is 1. The number of Topliss-reactive ketones (excluding diaryl/α,β-unsaturated/α-hetero) is 1. The van der Waals surface area contributed by atoms with Gasteiger partial charge in [0.2, 0.25) is 0 Å². The first-order valence-electron chi connectivity index (χ1n) is 16.6. The van der Waals surface area contributed by atoms with Crippen molar-refractivity contribution < 1.29 is 13.8 Å². The van der Waals surface area contributed by atoms with Gasteiger partial charge in [0, 0.05) is 6.42 Å². The number of hydrogen-bond acceptors (Lipinski definition) is 5. The summed E-state index contributed by atoms with van der Waals surface area (Å²) in [5.74, 6) is -0.0999. The van der Waals surface area contributed by atoms with E-state index in [1.165, 1.54) is 0 Å². The van der Waals surface area contributed by atoms with Crippen molar-refractivity contribution in [1.82, 2.24) is 0 Å². The molecule has 0 saturated heterocycles. The highest BCUT2D eigenvalue weighted by Gasteiger charge is 2.47. The molecule has 1 aliphatic carbocycles. The van der Waals surface area contributed by atoms with E-state index in [2.05, 4.69) is 72.8 Å². The Bertz CT molecular complexity index is 1850. The van der Waals surface area contributed by atoms with Gasteiger partial charge in [0.25, 0.3) is 0 Å². The van der Waals surface area contributed by atoms with E-state index < -0.39 is 16.6 Å². The number of carbonyl (C=O) groups is 1. The molecule has 0 spiro atoms. The van der Waals surface area contributed by atoms with Gasteiger partial charge in [-0.3, -0.25) is 4.79 Å². The molecular weight excluding hydrogens is 637 g/mol. The van der Waals surface area contributed by atoms with Gasteiger partial charge in [0.15, 0.2) is 11.5 Å². The molecule has 0 heterocycles. The molecule has 0 unspecified atom stereocenters. The second-order valence-corrected chi connectivity index (χ2v) is 18.5. The van der Waals surface area contributed by atoms with Crippen molar-refractivity contribution in [2.75, 3.05) is 0 Å². The molecule has 1 fully saturated rings. The average molecular weight is 673 g/mol. The minimum atomic E-state index is -3.21. The molecule has 6 aromatic carbocycles. The van der Waals surface area contributed by atoms with Crippen molar-refractivity contribution in [2.45, 2.75) is 19.3 Å². The van der Waals surface area contributed by atoms with Gasteiger partial charge in [-0.2, -0.15) is 0 Å². The Morgan fingerprint density at radius 1 is 0.388 bits per heavy atom. The third kappa shape index (κ3) is 6.34. The number of hydrogen-bond donors (Lipinski definition) is 0. The van der Waals surface area contributed by atoms with Crippen LogP contribution in [-0.4, -0.2) is 33.8 Å². The molecule has 0 atom stereocenters. The SMILES string of the molecule is O=C1CCCC(=NO[Si](c2ccccc2)(c2ccccc2)c2ccccc2)C1=NO[Si](c1ccccc1)(c1ccccc1)c1ccccc1. The Kier molecular flexibility index (Phi) is 9.54. The Morgan fingerprint density at radius 3 is 0.980 bits per heavy atom. The minimum absolute atomic E-state index is 0.0999. The molecular formula is C42H36N2O3Si2. The highest BCUT2D eigenvalue weighted by molar-refractivity contribution is 7.07. The second-order valence-electron chi connectivity index (χ2n) is 12.0. The number of ketones is 1. The molecule has 6 aromatic rings. The van der Waals surface area contributed by atoms with Crippen molar-refractivity contribution in [3.63, 3.8) is 0 Å². The summed E-state index contributed by atoms with van der Waals surface area (Å²) < 4.78 is 13.8. The average Bonchev–Trinajstić information content (AvgIpc) is 3.18. The van der Waals surface area contributed by atoms with Crippen LogP contribution in [0.15, 0.2) is 192 Å². The highest BCUT2D eigenvalue weighted by atomic mass is 28.4. The van der Waals surface area contributed by atoms with Gasteiger partial charge in [-0.25, -0.2) is 0 Å². The number of benzene rings is 6. The normalized spacial score (nSPS) is 15.2. The zero-order valence-corrected chi connectivity index (χ0v) is 29.1. The van der Waals surface area contributed by atoms with Gasteiger partial charge < -0.3 is 9.05 Å². The molecule has 1 aliphatic rings. The smallest absolute Gasteiger partial charge is 0.380 e. The molecule has 0 bridgehead atoms. The molecule has 7 heteroatoms. The van der Waals surface area contributed by atoms with Crippen LogP contribution in [0.4, 0.5) is 0 Å². The van der Waals surface area contributed by atoms with Crippen LogP contribution in [-0.2, 0) is 13.8 Å². The Balaban J connectivity index is 1.37. The molecule has 0 aromatic heterocycles. The van der Waals surface area contributed by atoms with Crippen LogP contribution in [0.25, 0.3) is 0 Å². The van der Waals surface area contributed by atoms with Crippen LogP contribution >= 0.6 is 0 Å². The summed E-state index contributed by atoms with van der Waals surface area (Å²) in [5, 5.41) is 15.9. The summed E-state index contributed by atoms with van der Waals surface area (Å²) in [6.45, 7) is 0. The first-order valence-corrected chi connectivity index (χ1v) is 20.4. The van der Waals surface area contributed by atoms with Gasteiger partial charge in [-0.05, 0) is 44.0 Å². The molecule has 1 saturated carbocycles. The summed E-state index contributed by atoms with van der Waals surface area (Å²) >= 11 is 0. The molecule has 0 N–H and O–H groups in total. The maximum atomic E-state index is 13.7. The van der Waals surface area contributed by atoms with Crippen LogP contribution in [0, 0.1) is 0 Å². The van der Waals surface area contributed by atoms with Gasteiger partial charge >= 0.3 is 16.6 Å². The van der Waals surface area contributed by atoms with Crippen LogP contribution < -0.4 is 31.1 Å².